The van der Waals surface area contributed by atoms with E-state index in [4.69, 9.17) is 23.9 Å². The van der Waals surface area contributed by atoms with Crippen molar-refractivity contribution in [3.05, 3.63) is 39.3 Å². The lowest BCUT2D eigenvalue weighted by molar-refractivity contribution is -0.179. The van der Waals surface area contributed by atoms with Crippen LogP contribution in [0.15, 0.2) is 27.6 Å². The van der Waals surface area contributed by atoms with E-state index in [1.54, 1.807) is 41.5 Å². The number of nitrogens with zero attached hydrogens (tertiary/aromatic N) is 3. The molecular formula is C36H53N7O11S. The van der Waals surface area contributed by atoms with Gasteiger partial charge in [-0.25, -0.2) is 14.6 Å². The van der Waals surface area contributed by atoms with E-state index in [-0.39, 0.29) is 35.4 Å². The van der Waals surface area contributed by atoms with Gasteiger partial charge >= 0.3 is 12.1 Å². The molecule has 0 unspecified atom stereocenters. The van der Waals surface area contributed by atoms with E-state index in [1.165, 1.54) is 30.2 Å². The maximum Gasteiger partial charge on any atom is 0.413 e. The van der Waals surface area contributed by atoms with Gasteiger partial charge < -0.3 is 39.8 Å². The van der Waals surface area contributed by atoms with Gasteiger partial charge in [0.1, 0.15) is 35.2 Å². The fourth-order valence-corrected chi connectivity index (χ4v) is 5.11. The summed E-state index contributed by atoms with van der Waals surface area (Å²) in [5.74, 6) is -2.86. The van der Waals surface area contributed by atoms with Crippen LogP contribution in [0.5, 0.6) is 5.75 Å². The van der Waals surface area contributed by atoms with Crippen molar-refractivity contribution < 1.29 is 47.9 Å². The second-order valence-corrected chi connectivity index (χ2v) is 15.9. The molecule has 0 spiro atoms. The monoisotopic (exact) mass is 791 g/mol. The summed E-state index contributed by atoms with van der Waals surface area (Å²) in [6.07, 6.45) is 3.69. The van der Waals surface area contributed by atoms with Crippen LogP contribution in [-0.4, -0.2) is 93.9 Å². The van der Waals surface area contributed by atoms with Gasteiger partial charge in [0.25, 0.3) is 11.8 Å². The van der Waals surface area contributed by atoms with Crippen LogP contribution in [0.1, 0.15) is 111 Å². The van der Waals surface area contributed by atoms with Gasteiger partial charge in [0.15, 0.2) is 16.6 Å². The molecule has 1 saturated heterocycles. The van der Waals surface area contributed by atoms with Crippen LogP contribution in [-0.2, 0) is 28.7 Å². The first-order valence-electron chi connectivity index (χ1n) is 18.0. The molecule has 1 aliphatic rings. The van der Waals surface area contributed by atoms with Crippen LogP contribution in [0.25, 0.3) is 0 Å². The van der Waals surface area contributed by atoms with Gasteiger partial charge in [-0.15, -0.1) is 11.3 Å². The Morgan fingerprint density at radius 2 is 1.62 bits per heavy atom. The minimum atomic E-state index is -1.66. The van der Waals surface area contributed by atoms with E-state index < -0.39 is 69.8 Å². The zero-order chi connectivity index (χ0) is 41.1. The first-order chi connectivity index (χ1) is 25.6. The molecule has 0 bridgehead atoms. The van der Waals surface area contributed by atoms with Crippen LogP contribution in [0.3, 0.4) is 0 Å². The van der Waals surface area contributed by atoms with Gasteiger partial charge in [0.05, 0.1) is 18.8 Å². The van der Waals surface area contributed by atoms with E-state index >= 15 is 0 Å². The molecule has 3 heterocycles. The number of pyridine rings is 1. The molecule has 4 amide bonds. The van der Waals surface area contributed by atoms with Crippen LogP contribution in [0.2, 0.25) is 0 Å². The number of nitrogens with one attached hydrogen (secondary N) is 4. The standard InChI is InChI=1S/C36H53N7O11S/c1-11-13-15-50-25-19-43(51-16-14-12-2)23(17-24(25)44)28(45)37-18-21-26(29(46)38-21)40-30(47)27(42-54-36(9,10)31(48)52-34(3,4)5)22-20-55-32(39-22)41-33(49)53-35(6,7)8/h17,19-21,26H,11-16,18H2,1-10H3,(H,37,45)(H,38,46)(H,40,47)(H,39,41,49)/b42-27-/t21-,26+/m1/s1. The molecule has 4 N–H and O–H groups in total. The van der Waals surface area contributed by atoms with Gasteiger partial charge in [0, 0.05) is 18.0 Å². The lowest BCUT2D eigenvalue weighted by atomic mass is 9.98. The van der Waals surface area contributed by atoms with E-state index in [0.717, 1.165) is 36.7 Å². The quantitative estimate of drug-likeness (QED) is 0.0561. The highest BCUT2D eigenvalue weighted by atomic mass is 32.1. The highest BCUT2D eigenvalue weighted by Crippen LogP contribution is 2.21. The molecule has 55 heavy (non-hydrogen) atoms. The summed E-state index contributed by atoms with van der Waals surface area (Å²) >= 11 is 0.960. The van der Waals surface area contributed by atoms with Crippen molar-refractivity contribution in [2.45, 2.75) is 124 Å². The number of oxime groups is 1. The molecule has 0 aliphatic carbocycles. The van der Waals surface area contributed by atoms with Crippen LogP contribution < -0.4 is 36.3 Å². The summed E-state index contributed by atoms with van der Waals surface area (Å²) < 4.78 is 17.5. The molecule has 1 aliphatic heterocycles. The van der Waals surface area contributed by atoms with E-state index in [1.807, 2.05) is 13.8 Å². The molecule has 18 nitrogen and oxygen atoms in total. The average Bonchev–Trinajstić information content (AvgIpc) is 3.52. The number of aromatic nitrogens is 2. The molecule has 2 aromatic heterocycles. The predicted molar refractivity (Wildman–Crippen MR) is 203 cm³/mol. The van der Waals surface area contributed by atoms with Crippen LogP contribution >= 0.6 is 11.3 Å². The Morgan fingerprint density at radius 3 is 2.24 bits per heavy atom. The Balaban J connectivity index is 1.81. The summed E-state index contributed by atoms with van der Waals surface area (Å²) in [4.78, 5) is 93.3. The zero-order valence-electron chi connectivity index (χ0n) is 33.1. The van der Waals surface area contributed by atoms with Crippen molar-refractivity contribution >= 4 is 52.0 Å². The first kappa shape index (κ1) is 44.2. The van der Waals surface area contributed by atoms with Crippen molar-refractivity contribution in [2.24, 2.45) is 5.16 Å². The van der Waals surface area contributed by atoms with Gasteiger partial charge in [-0.05, 0) is 68.2 Å². The van der Waals surface area contributed by atoms with Gasteiger partial charge in [-0.3, -0.25) is 24.5 Å². The van der Waals surface area contributed by atoms with Crippen LogP contribution in [0.4, 0.5) is 9.93 Å². The minimum absolute atomic E-state index is 0.0410. The molecule has 3 rings (SSSR count). The number of esters is 1. The van der Waals surface area contributed by atoms with Crippen molar-refractivity contribution in [3.8, 4) is 5.75 Å². The minimum Gasteiger partial charge on any atom is -0.488 e. The average molecular weight is 792 g/mol. The molecule has 1 fully saturated rings. The number of unbranched alkanes of at least 4 members (excludes halogenated alkanes) is 2. The van der Waals surface area contributed by atoms with Crippen molar-refractivity contribution in [1.29, 1.82) is 0 Å². The maximum atomic E-state index is 13.7. The number of hydrogen-bond donors (Lipinski definition) is 4. The smallest absolute Gasteiger partial charge is 0.413 e. The Hall–Kier alpha value is -5.20. The lowest BCUT2D eigenvalue weighted by Gasteiger charge is -2.37. The Kier molecular flexibility index (Phi) is 15.2. The Morgan fingerprint density at radius 1 is 0.964 bits per heavy atom. The number of hydrogen-bond acceptors (Lipinski definition) is 14. The largest absolute Gasteiger partial charge is 0.488 e. The van der Waals surface area contributed by atoms with Crippen LogP contribution in [0, 0.1) is 0 Å². The van der Waals surface area contributed by atoms with Gasteiger partial charge in [-0.1, -0.05) is 31.8 Å². The molecule has 0 saturated carbocycles. The van der Waals surface area contributed by atoms with Crippen molar-refractivity contribution in [1.82, 2.24) is 25.7 Å². The highest BCUT2D eigenvalue weighted by molar-refractivity contribution is 7.14. The molecule has 0 radical (unpaired) electrons. The molecule has 0 aromatic carbocycles. The number of anilines is 1. The summed E-state index contributed by atoms with van der Waals surface area (Å²) in [5, 5.41) is 15.8. The topological polar surface area (TPSA) is 227 Å². The Labute approximate surface area is 324 Å². The number of β-lactam (4-membered cyclic amide) rings is 1. The Bertz CT molecular complexity index is 1790. The third-order valence-electron chi connectivity index (χ3n) is 7.31. The number of amides is 4. The van der Waals surface area contributed by atoms with Crippen molar-refractivity contribution in [3.63, 3.8) is 0 Å². The fourth-order valence-electron chi connectivity index (χ4n) is 4.43. The van der Waals surface area contributed by atoms with Gasteiger partial charge in [0.2, 0.25) is 16.9 Å². The number of thiazole rings is 1. The summed E-state index contributed by atoms with van der Waals surface area (Å²) in [5.41, 5.74) is -4.36. The number of rotatable bonds is 18. The highest BCUT2D eigenvalue weighted by Gasteiger charge is 2.42. The lowest BCUT2D eigenvalue weighted by Crippen LogP contribution is -2.72. The fraction of sp³-hybridized carbons (Fsp3) is 0.611. The molecule has 19 heteroatoms. The third kappa shape index (κ3) is 13.6. The summed E-state index contributed by atoms with van der Waals surface area (Å²) in [6.45, 7) is 17.3. The molecular weight excluding hydrogens is 739 g/mol. The maximum absolute atomic E-state index is 13.7. The summed E-state index contributed by atoms with van der Waals surface area (Å²) in [6, 6.07) is -0.812. The summed E-state index contributed by atoms with van der Waals surface area (Å²) in [7, 11) is 0. The van der Waals surface area contributed by atoms with Crippen molar-refractivity contribution in [2.75, 3.05) is 25.1 Å². The SMILES string of the molecule is CCCCOc1cn(OCCCC)c(C(=O)NC[C@H]2NC(=O)[C@H]2NC(=O)/C(=N\OC(C)(C)C(=O)OC(C)(C)C)c2csc(NC(=O)OC(C)(C)C)n2)cc1=O. The second kappa shape index (κ2) is 18.9. The molecule has 304 valence electrons. The van der Waals surface area contributed by atoms with E-state index in [2.05, 4.69) is 31.4 Å². The zero-order valence-corrected chi connectivity index (χ0v) is 33.9. The van der Waals surface area contributed by atoms with E-state index in [0.29, 0.717) is 13.0 Å². The second-order valence-electron chi connectivity index (χ2n) is 15.1. The predicted octanol–water partition coefficient (Wildman–Crippen LogP) is 3.31. The van der Waals surface area contributed by atoms with E-state index in [9.17, 15) is 28.8 Å². The number of carbonyl (C=O) groups is 5. The number of ether oxygens (including phenoxy) is 3. The van der Waals surface area contributed by atoms with Gasteiger partial charge in [-0.2, -0.15) is 4.73 Å². The third-order valence-corrected chi connectivity index (χ3v) is 8.06. The first-order valence-corrected chi connectivity index (χ1v) is 18.9. The molecule has 2 aromatic rings. The normalized spacial score (nSPS) is 15.9. The molecule has 2 atom stereocenters. The number of carbonyl (C=O) groups excluding carboxylic acids is 5.